The summed E-state index contributed by atoms with van der Waals surface area (Å²) < 4.78 is 6.74. The summed E-state index contributed by atoms with van der Waals surface area (Å²) in [7, 11) is 1.66. The van der Waals surface area contributed by atoms with Crippen molar-refractivity contribution < 1.29 is 9.53 Å². The molecule has 0 unspecified atom stereocenters. The minimum Gasteiger partial charge on any atom is -0.497 e. The second-order valence-electron chi connectivity index (χ2n) is 6.61. The molecule has 2 aromatic carbocycles. The first-order valence-corrected chi connectivity index (χ1v) is 9.21. The van der Waals surface area contributed by atoms with Crippen LogP contribution in [0.25, 0.3) is 0 Å². The van der Waals surface area contributed by atoms with E-state index in [-0.39, 0.29) is 5.91 Å². The summed E-state index contributed by atoms with van der Waals surface area (Å²) in [5.41, 5.74) is 2.00. The molecular weight excluding hydrogens is 356 g/mol. The van der Waals surface area contributed by atoms with Gasteiger partial charge in [-0.2, -0.15) is 0 Å². The van der Waals surface area contributed by atoms with Crippen LogP contribution in [0.1, 0.15) is 11.6 Å². The Morgan fingerprint density at radius 1 is 1.00 bits per heavy atom. The number of ether oxygens (including phenoxy) is 1. The van der Waals surface area contributed by atoms with Gasteiger partial charge in [-0.05, 0) is 40.3 Å². The third-order valence-corrected chi connectivity index (χ3v) is 5.01. The van der Waals surface area contributed by atoms with Crippen LogP contribution < -0.4 is 9.64 Å². The van der Waals surface area contributed by atoms with Crippen molar-refractivity contribution in [3.63, 3.8) is 0 Å². The molecule has 0 spiro atoms. The second kappa shape index (κ2) is 8.08. The first-order chi connectivity index (χ1) is 13.8. The summed E-state index contributed by atoms with van der Waals surface area (Å²) in [5.74, 6) is 0.845. The van der Waals surface area contributed by atoms with Crippen LogP contribution in [0.3, 0.4) is 0 Å². The molecule has 8 heteroatoms. The van der Waals surface area contributed by atoms with Crippen molar-refractivity contribution in [1.82, 2.24) is 25.1 Å². The molecule has 8 nitrogen and oxygen atoms in total. The van der Waals surface area contributed by atoms with E-state index in [0.29, 0.717) is 13.1 Å². The van der Waals surface area contributed by atoms with E-state index in [4.69, 9.17) is 4.74 Å². The highest BCUT2D eigenvalue weighted by Crippen LogP contribution is 2.23. The van der Waals surface area contributed by atoms with Crippen LogP contribution in [-0.2, 0) is 4.79 Å². The summed E-state index contributed by atoms with van der Waals surface area (Å²) in [6.45, 7) is 2.84. The summed E-state index contributed by atoms with van der Waals surface area (Å²) in [5, 5.41) is 11.4. The molecule has 1 aromatic heterocycles. The van der Waals surface area contributed by atoms with E-state index < -0.39 is 6.04 Å². The lowest BCUT2D eigenvalue weighted by Gasteiger charge is -2.37. The van der Waals surface area contributed by atoms with E-state index in [0.717, 1.165) is 30.1 Å². The van der Waals surface area contributed by atoms with Crippen LogP contribution >= 0.6 is 0 Å². The molecule has 0 radical (unpaired) electrons. The lowest BCUT2D eigenvalue weighted by Crippen LogP contribution is -2.50. The number of aromatic nitrogens is 4. The van der Waals surface area contributed by atoms with Gasteiger partial charge in [0.2, 0.25) is 0 Å². The van der Waals surface area contributed by atoms with E-state index in [1.54, 1.807) is 7.11 Å². The fourth-order valence-corrected chi connectivity index (χ4v) is 3.48. The monoisotopic (exact) mass is 378 g/mol. The first kappa shape index (κ1) is 18.0. The van der Waals surface area contributed by atoms with Gasteiger partial charge in [-0.25, -0.2) is 4.68 Å². The van der Waals surface area contributed by atoms with Crippen LogP contribution in [0, 0.1) is 0 Å². The van der Waals surface area contributed by atoms with Crippen LogP contribution in [-0.4, -0.2) is 64.3 Å². The van der Waals surface area contributed by atoms with Crippen molar-refractivity contribution in [3.8, 4) is 5.75 Å². The molecule has 0 saturated carbocycles. The molecule has 144 valence electrons. The van der Waals surface area contributed by atoms with Gasteiger partial charge in [0.15, 0.2) is 6.04 Å². The molecule has 28 heavy (non-hydrogen) atoms. The van der Waals surface area contributed by atoms with Crippen molar-refractivity contribution in [2.75, 3.05) is 38.2 Å². The fraction of sp³-hybridized carbons (Fsp3) is 0.300. The van der Waals surface area contributed by atoms with Gasteiger partial charge in [-0.3, -0.25) is 4.79 Å². The van der Waals surface area contributed by atoms with E-state index in [9.17, 15) is 4.79 Å². The molecule has 1 fully saturated rings. The molecular formula is C20H22N6O2. The SMILES string of the molecule is COc1ccc(N2CCN(C(=O)[C@@H](c3ccccc3)n3cnnn3)CC2)cc1. The van der Waals surface area contributed by atoms with Crippen LogP contribution in [0.2, 0.25) is 0 Å². The van der Waals surface area contributed by atoms with E-state index in [1.807, 2.05) is 59.5 Å². The number of carbonyl (C=O) groups is 1. The molecule has 3 aromatic rings. The van der Waals surface area contributed by atoms with Crippen molar-refractivity contribution in [3.05, 3.63) is 66.5 Å². The number of hydrogen-bond acceptors (Lipinski definition) is 6. The number of anilines is 1. The van der Waals surface area contributed by atoms with Crippen molar-refractivity contribution in [2.24, 2.45) is 0 Å². The number of hydrogen-bond donors (Lipinski definition) is 0. The average Bonchev–Trinajstić information content (AvgIpc) is 3.29. The Hall–Kier alpha value is -3.42. The van der Waals surface area contributed by atoms with E-state index >= 15 is 0 Å². The third kappa shape index (κ3) is 3.66. The standard InChI is InChI=1S/C20H22N6O2/c1-28-18-9-7-17(8-10-18)24-11-13-25(14-12-24)20(27)19(26-15-21-22-23-26)16-5-3-2-4-6-16/h2-10,15,19H,11-14H2,1H3/t19-/m1/s1. The molecule has 0 bridgehead atoms. The maximum atomic E-state index is 13.3. The number of tetrazole rings is 1. The Bertz CT molecular complexity index is 890. The molecule has 0 aliphatic carbocycles. The smallest absolute Gasteiger partial charge is 0.252 e. The molecule has 1 amide bonds. The molecule has 1 saturated heterocycles. The molecule has 1 atom stereocenters. The number of nitrogens with zero attached hydrogens (tertiary/aromatic N) is 6. The van der Waals surface area contributed by atoms with Crippen molar-refractivity contribution in [2.45, 2.75) is 6.04 Å². The maximum Gasteiger partial charge on any atom is 0.252 e. The molecule has 1 aliphatic rings. The van der Waals surface area contributed by atoms with Gasteiger partial charge in [0.1, 0.15) is 12.1 Å². The van der Waals surface area contributed by atoms with Crippen LogP contribution in [0.15, 0.2) is 60.9 Å². The highest BCUT2D eigenvalue weighted by Gasteiger charge is 2.30. The lowest BCUT2D eigenvalue weighted by atomic mass is 10.1. The minimum absolute atomic E-state index is 0.00730. The predicted octanol–water partition coefficient (Wildman–Crippen LogP) is 1.62. The Labute approximate surface area is 163 Å². The summed E-state index contributed by atoms with van der Waals surface area (Å²) in [6, 6.07) is 17.1. The van der Waals surface area contributed by atoms with Gasteiger partial charge in [0.05, 0.1) is 7.11 Å². The van der Waals surface area contributed by atoms with Gasteiger partial charge in [0, 0.05) is 31.9 Å². The van der Waals surface area contributed by atoms with Gasteiger partial charge >= 0.3 is 0 Å². The van der Waals surface area contributed by atoms with E-state index in [2.05, 4.69) is 20.4 Å². The topological polar surface area (TPSA) is 76.4 Å². The number of amides is 1. The van der Waals surface area contributed by atoms with Gasteiger partial charge in [-0.1, -0.05) is 30.3 Å². The minimum atomic E-state index is -0.552. The molecule has 4 rings (SSSR count). The first-order valence-electron chi connectivity index (χ1n) is 9.21. The maximum absolute atomic E-state index is 13.3. The number of methoxy groups -OCH3 is 1. The summed E-state index contributed by atoms with van der Waals surface area (Å²) in [4.78, 5) is 17.5. The normalized spacial score (nSPS) is 15.3. The number of rotatable bonds is 5. The zero-order chi connectivity index (χ0) is 19.3. The summed E-state index contributed by atoms with van der Waals surface area (Å²) in [6.07, 6.45) is 1.49. The van der Waals surface area contributed by atoms with Gasteiger partial charge in [0.25, 0.3) is 5.91 Å². The fourth-order valence-electron chi connectivity index (χ4n) is 3.48. The quantitative estimate of drug-likeness (QED) is 0.672. The average molecular weight is 378 g/mol. The van der Waals surface area contributed by atoms with Gasteiger partial charge < -0.3 is 14.5 Å². The van der Waals surface area contributed by atoms with Crippen molar-refractivity contribution in [1.29, 1.82) is 0 Å². The second-order valence-corrected chi connectivity index (χ2v) is 6.61. The molecule has 1 aliphatic heterocycles. The van der Waals surface area contributed by atoms with Crippen LogP contribution in [0.4, 0.5) is 5.69 Å². The molecule has 2 heterocycles. The van der Waals surface area contributed by atoms with Crippen LogP contribution in [0.5, 0.6) is 5.75 Å². The lowest BCUT2D eigenvalue weighted by molar-refractivity contribution is -0.134. The Morgan fingerprint density at radius 3 is 2.32 bits per heavy atom. The largest absolute Gasteiger partial charge is 0.497 e. The van der Waals surface area contributed by atoms with Crippen molar-refractivity contribution >= 4 is 11.6 Å². The zero-order valence-electron chi connectivity index (χ0n) is 15.7. The predicted molar refractivity (Wildman–Crippen MR) is 104 cm³/mol. The highest BCUT2D eigenvalue weighted by atomic mass is 16.5. The Morgan fingerprint density at radius 2 is 1.71 bits per heavy atom. The number of piperazine rings is 1. The third-order valence-electron chi connectivity index (χ3n) is 5.01. The Balaban J connectivity index is 1.47. The Kier molecular flexibility index (Phi) is 5.18. The highest BCUT2D eigenvalue weighted by molar-refractivity contribution is 5.83. The van der Waals surface area contributed by atoms with E-state index in [1.165, 1.54) is 11.0 Å². The summed E-state index contributed by atoms with van der Waals surface area (Å²) >= 11 is 0. The number of benzene rings is 2. The van der Waals surface area contributed by atoms with Gasteiger partial charge in [-0.15, -0.1) is 5.10 Å². The zero-order valence-corrected chi connectivity index (χ0v) is 15.7. The molecule has 0 N–H and O–H groups in total. The number of carbonyl (C=O) groups excluding carboxylic acids is 1.